The van der Waals surface area contributed by atoms with E-state index in [-0.39, 0.29) is 6.03 Å². The van der Waals surface area contributed by atoms with Crippen LogP contribution in [-0.4, -0.2) is 62.8 Å². The Morgan fingerprint density at radius 1 is 1.12 bits per heavy atom. The van der Waals surface area contributed by atoms with Crippen molar-refractivity contribution in [1.82, 2.24) is 15.1 Å². The quantitative estimate of drug-likeness (QED) is 0.822. The van der Waals surface area contributed by atoms with E-state index >= 15 is 0 Å². The van der Waals surface area contributed by atoms with Crippen LogP contribution < -0.4 is 14.8 Å². The Kier molecular flexibility index (Phi) is 7.37. The number of carbonyl (C=O) groups excluding carboxylic acids is 1. The van der Waals surface area contributed by atoms with Gasteiger partial charge in [0.25, 0.3) is 0 Å². The molecular formula is C19H31N3O3. The number of nitrogens with zero attached hydrogens (tertiary/aromatic N) is 2. The third-order valence-corrected chi connectivity index (χ3v) is 4.51. The third kappa shape index (κ3) is 5.81. The first-order valence-corrected chi connectivity index (χ1v) is 8.99. The van der Waals surface area contributed by atoms with Crippen LogP contribution in [0.25, 0.3) is 0 Å². The molecule has 1 aliphatic heterocycles. The Labute approximate surface area is 151 Å². The van der Waals surface area contributed by atoms with Gasteiger partial charge in [-0.25, -0.2) is 4.79 Å². The third-order valence-electron chi connectivity index (χ3n) is 4.51. The summed E-state index contributed by atoms with van der Waals surface area (Å²) < 4.78 is 10.6. The lowest BCUT2D eigenvalue weighted by atomic mass is 10.1. The van der Waals surface area contributed by atoms with E-state index in [1.54, 1.807) is 14.2 Å². The van der Waals surface area contributed by atoms with Crippen molar-refractivity contribution in [3.63, 3.8) is 0 Å². The molecule has 25 heavy (non-hydrogen) atoms. The maximum absolute atomic E-state index is 12.2. The minimum absolute atomic E-state index is 0.0615. The monoisotopic (exact) mass is 349 g/mol. The zero-order valence-corrected chi connectivity index (χ0v) is 15.9. The molecule has 1 fully saturated rings. The lowest BCUT2D eigenvalue weighted by Gasteiger charge is -2.34. The predicted molar refractivity (Wildman–Crippen MR) is 99.2 cm³/mol. The number of benzene rings is 1. The molecule has 0 radical (unpaired) electrons. The van der Waals surface area contributed by atoms with Crippen molar-refractivity contribution in [2.24, 2.45) is 5.92 Å². The minimum atomic E-state index is 0.0615. The highest BCUT2D eigenvalue weighted by Crippen LogP contribution is 2.28. The molecule has 2 rings (SSSR count). The first kappa shape index (κ1) is 19.4. The van der Waals surface area contributed by atoms with Gasteiger partial charge in [-0.2, -0.15) is 0 Å². The van der Waals surface area contributed by atoms with Crippen molar-refractivity contribution in [1.29, 1.82) is 0 Å². The molecule has 1 aliphatic rings. The Bertz CT molecular complexity index is 555. The number of methoxy groups -OCH3 is 2. The average Bonchev–Trinajstić information content (AvgIpc) is 2.61. The second-order valence-corrected chi connectivity index (χ2v) is 6.87. The van der Waals surface area contributed by atoms with Crippen LogP contribution >= 0.6 is 0 Å². The van der Waals surface area contributed by atoms with Crippen molar-refractivity contribution in [3.05, 3.63) is 23.8 Å². The fraction of sp³-hybridized carbons (Fsp3) is 0.632. The molecular weight excluding hydrogens is 318 g/mol. The zero-order chi connectivity index (χ0) is 18.2. The Hall–Kier alpha value is -1.95. The van der Waals surface area contributed by atoms with Gasteiger partial charge in [-0.15, -0.1) is 0 Å². The van der Waals surface area contributed by atoms with E-state index < -0.39 is 0 Å². The number of carbonyl (C=O) groups is 1. The summed E-state index contributed by atoms with van der Waals surface area (Å²) in [5, 5.41) is 3.01. The van der Waals surface area contributed by atoms with Gasteiger partial charge in [0, 0.05) is 39.3 Å². The summed E-state index contributed by atoms with van der Waals surface area (Å²) in [5.74, 6) is 2.11. The Morgan fingerprint density at radius 3 is 2.40 bits per heavy atom. The van der Waals surface area contributed by atoms with Crippen LogP contribution in [0, 0.1) is 5.92 Å². The van der Waals surface area contributed by atoms with Crippen LogP contribution in [0.3, 0.4) is 0 Å². The van der Waals surface area contributed by atoms with Crippen molar-refractivity contribution in [2.75, 3.05) is 46.9 Å². The number of nitrogens with one attached hydrogen (secondary N) is 1. The van der Waals surface area contributed by atoms with Gasteiger partial charge in [-0.3, -0.25) is 4.90 Å². The number of hydrogen-bond acceptors (Lipinski definition) is 4. The number of ether oxygens (including phenoxy) is 2. The summed E-state index contributed by atoms with van der Waals surface area (Å²) in [7, 11) is 3.29. The van der Waals surface area contributed by atoms with Gasteiger partial charge < -0.3 is 19.7 Å². The highest BCUT2D eigenvalue weighted by Gasteiger charge is 2.21. The van der Waals surface area contributed by atoms with Crippen LogP contribution in [0.4, 0.5) is 4.79 Å². The summed E-state index contributed by atoms with van der Waals surface area (Å²) in [6.07, 6.45) is 1.02. The summed E-state index contributed by atoms with van der Waals surface area (Å²) in [6, 6.07) is 6.08. The molecule has 2 amide bonds. The predicted octanol–water partition coefficient (Wildman–Crippen LogP) is 2.58. The number of amides is 2. The fourth-order valence-electron chi connectivity index (χ4n) is 2.93. The molecule has 1 aromatic carbocycles. The van der Waals surface area contributed by atoms with Gasteiger partial charge in [-0.05, 0) is 30.0 Å². The highest BCUT2D eigenvalue weighted by atomic mass is 16.5. The van der Waals surface area contributed by atoms with E-state index in [4.69, 9.17) is 9.47 Å². The van der Waals surface area contributed by atoms with Gasteiger partial charge >= 0.3 is 6.03 Å². The van der Waals surface area contributed by atoms with Gasteiger partial charge in [0.1, 0.15) is 0 Å². The molecule has 1 aromatic rings. The highest BCUT2D eigenvalue weighted by molar-refractivity contribution is 5.74. The van der Waals surface area contributed by atoms with Gasteiger partial charge in [-0.1, -0.05) is 19.9 Å². The average molecular weight is 349 g/mol. The second kappa shape index (κ2) is 9.51. The number of hydrogen-bond donors (Lipinski definition) is 1. The largest absolute Gasteiger partial charge is 0.493 e. The van der Waals surface area contributed by atoms with Crippen LogP contribution in [0.5, 0.6) is 11.5 Å². The van der Waals surface area contributed by atoms with Crippen molar-refractivity contribution in [2.45, 2.75) is 26.8 Å². The topological polar surface area (TPSA) is 54.0 Å². The van der Waals surface area contributed by atoms with Crippen LogP contribution in [-0.2, 0) is 6.54 Å². The summed E-state index contributed by atoms with van der Waals surface area (Å²) in [5.41, 5.74) is 1.19. The SMILES string of the molecule is COc1ccc(CN2CCN(C(=O)NCCC(C)C)CC2)cc1OC. The lowest BCUT2D eigenvalue weighted by molar-refractivity contribution is 0.135. The molecule has 0 bridgehead atoms. The molecule has 0 atom stereocenters. The van der Waals surface area contributed by atoms with E-state index in [2.05, 4.69) is 30.1 Å². The Morgan fingerprint density at radius 2 is 1.80 bits per heavy atom. The van der Waals surface area contributed by atoms with Crippen molar-refractivity contribution < 1.29 is 14.3 Å². The number of rotatable bonds is 7. The first-order chi connectivity index (χ1) is 12.0. The Balaban J connectivity index is 1.79. The van der Waals surface area contributed by atoms with Crippen molar-refractivity contribution in [3.8, 4) is 11.5 Å². The van der Waals surface area contributed by atoms with E-state index in [1.165, 1.54) is 5.56 Å². The summed E-state index contributed by atoms with van der Waals surface area (Å²) in [6.45, 7) is 9.23. The number of urea groups is 1. The fourth-order valence-corrected chi connectivity index (χ4v) is 2.93. The zero-order valence-electron chi connectivity index (χ0n) is 15.9. The van der Waals surface area contributed by atoms with E-state index in [0.717, 1.165) is 57.2 Å². The summed E-state index contributed by atoms with van der Waals surface area (Å²) >= 11 is 0. The molecule has 0 spiro atoms. The van der Waals surface area contributed by atoms with E-state index in [1.807, 2.05) is 17.0 Å². The number of piperazine rings is 1. The van der Waals surface area contributed by atoms with Gasteiger partial charge in [0.2, 0.25) is 0 Å². The summed E-state index contributed by atoms with van der Waals surface area (Å²) in [4.78, 5) is 16.4. The van der Waals surface area contributed by atoms with E-state index in [0.29, 0.717) is 5.92 Å². The van der Waals surface area contributed by atoms with Gasteiger partial charge in [0.15, 0.2) is 11.5 Å². The second-order valence-electron chi connectivity index (χ2n) is 6.87. The van der Waals surface area contributed by atoms with Crippen LogP contribution in [0.1, 0.15) is 25.8 Å². The molecule has 1 N–H and O–H groups in total. The van der Waals surface area contributed by atoms with Crippen LogP contribution in [0.15, 0.2) is 18.2 Å². The maximum Gasteiger partial charge on any atom is 0.317 e. The molecule has 0 saturated carbocycles. The van der Waals surface area contributed by atoms with Crippen molar-refractivity contribution >= 4 is 6.03 Å². The molecule has 0 aromatic heterocycles. The first-order valence-electron chi connectivity index (χ1n) is 8.99. The lowest BCUT2D eigenvalue weighted by Crippen LogP contribution is -2.51. The maximum atomic E-state index is 12.2. The van der Waals surface area contributed by atoms with Crippen LogP contribution in [0.2, 0.25) is 0 Å². The smallest absolute Gasteiger partial charge is 0.317 e. The standard InChI is InChI=1S/C19H31N3O3/c1-15(2)7-8-20-19(23)22-11-9-21(10-12-22)14-16-5-6-17(24-3)18(13-16)25-4/h5-6,13,15H,7-12,14H2,1-4H3,(H,20,23). The molecule has 0 aliphatic carbocycles. The molecule has 1 saturated heterocycles. The normalized spacial score (nSPS) is 15.3. The molecule has 6 heteroatoms. The molecule has 0 unspecified atom stereocenters. The molecule has 1 heterocycles. The van der Waals surface area contributed by atoms with Gasteiger partial charge in [0.05, 0.1) is 14.2 Å². The minimum Gasteiger partial charge on any atom is -0.493 e. The van der Waals surface area contributed by atoms with E-state index in [9.17, 15) is 4.79 Å². The molecule has 140 valence electrons. The molecule has 6 nitrogen and oxygen atoms in total.